The Morgan fingerprint density at radius 2 is 2.38 bits per heavy atom. The van der Waals surface area contributed by atoms with E-state index < -0.39 is 0 Å². The second-order valence-electron chi connectivity index (χ2n) is 4.90. The predicted molar refractivity (Wildman–Crippen MR) is 62.4 cm³/mol. The molecule has 3 rings (SSSR count). The van der Waals surface area contributed by atoms with Gasteiger partial charge in [-0.05, 0) is 25.7 Å². The average Bonchev–Trinajstić information content (AvgIpc) is 3.02. The van der Waals surface area contributed by atoms with E-state index in [1.54, 1.807) is 0 Å². The largest absolute Gasteiger partial charge is 0.381 e. The van der Waals surface area contributed by atoms with Crippen molar-refractivity contribution in [2.45, 2.75) is 38.3 Å². The molecular formula is C12H19N3O. The number of aromatic nitrogens is 2. The smallest absolute Gasteiger partial charge is 0.202 e. The molecule has 16 heavy (non-hydrogen) atoms. The van der Waals surface area contributed by atoms with Crippen LogP contribution in [0.2, 0.25) is 0 Å². The normalized spacial score (nSPS) is 25.6. The zero-order valence-corrected chi connectivity index (χ0v) is 9.56. The summed E-state index contributed by atoms with van der Waals surface area (Å²) in [5.74, 6) is 1.69. The van der Waals surface area contributed by atoms with Crippen molar-refractivity contribution in [3.8, 4) is 0 Å². The van der Waals surface area contributed by atoms with Gasteiger partial charge in [-0.2, -0.15) is 0 Å². The molecule has 0 spiro atoms. The molecule has 0 radical (unpaired) electrons. The number of ether oxygens (including phenoxy) is 1. The van der Waals surface area contributed by atoms with Crippen LogP contribution >= 0.6 is 0 Å². The highest BCUT2D eigenvalue weighted by Gasteiger charge is 2.23. The summed E-state index contributed by atoms with van der Waals surface area (Å²) in [6.45, 7) is 2.88. The first-order chi connectivity index (χ1) is 7.92. The van der Waals surface area contributed by atoms with Crippen LogP contribution in [-0.2, 0) is 11.3 Å². The molecule has 2 fully saturated rings. The molecule has 1 aliphatic carbocycles. The van der Waals surface area contributed by atoms with Crippen LogP contribution in [0.1, 0.15) is 25.7 Å². The minimum atomic E-state index is 0.655. The fourth-order valence-corrected chi connectivity index (χ4v) is 2.24. The summed E-state index contributed by atoms with van der Waals surface area (Å²) in [6.07, 6.45) is 9.01. The average molecular weight is 221 g/mol. The van der Waals surface area contributed by atoms with Crippen LogP contribution in [0, 0.1) is 5.92 Å². The molecular weight excluding hydrogens is 202 g/mol. The molecule has 1 atom stereocenters. The second-order valence-corrected chi connectivity index (χ2v) is 4.90. The summed E-state index contributed by atoms with van der Waals surface area (Å²) in [5.41, 5.74) is 0. The first-order valence-corrected chi connectivity index (χ1v) is 6.27. The van der Waals surface area contributed by atoms with Crippen molar-refractivity contribution >= 4 is 5.95 Å². The van der Waals surface area contributed by atoms with Gasteiger partial charge in [-0.3, -0.25) is 0 Å². The van der Waals surface area contributed by atoms with Crippen LogP contribution in [0.5, 0.6) is 0 Å². The van der Waals surface area contributed by atoms with Crippen molar-refractivity contribution in [2.75, 3.05) is 18.5 Å². The Morgan fingerprint density at radius 1 is 1.44 bits per heavy atom. The number of rotatable bonds is 4. The molecule has 0 amide bonds. The quantitative estimate of drug-likeness (QED) is 0.843. The fraction of sp³-hybridized carbons (Fsp3) is 0.750. The van der Waals surface area contributed by atoms with Gasteiger partial charge in [0.2, 0.25) is 5.95 Å². The Morgan fingerprint density at radius 3 is 3.12 bits per heavy atom. The summed E-state index contributed by atoms with van der Waals surface area (Å²) in [5, 5.41) is 3.47. The number of hydrogen-bond donors (Lipinski definition) is 1. The lowest BCUT2D eigenvalue weighted by Gasteiger charge is -2.23. The van der Waals surface area contributed by atoms with Gasteiger partial charge in [0.1, 0.15) is 0 Å². The Bertz CT molecular complexity index is 340. The van der Waals surface area contributed by atoms with Gasteiger partial charge in [-0.15, -0.1) is 0 Å². The highest BCUT2D eigenvalue weighted by molar-refractivity contribution is 5.29. The molecule has 0 aromatic carbocycles. The molecule has 2 heterocycles. The lowest BCUT2D eigenvalue weighted by atomic mass is 10.0. The van der Waals surface area contributed by atoms with Crippen LogP contribution in [0.3, 0.4) is 0 Å². The van der Waals surface area contributed by atoms with Gasteiger partial charge in [0, 0.05) is 37.5 Å². The van der Waals surface area contributed by atoms with Gasteiger partial charge in [-0.1, -0.05) is 0 Å². The van der Waals surface area contributed by atoms with Gasteiger partial charge in [0.05, 0.1) is 6.61 Å². The molecule has 1 saturated heterocycles. The van der Waals surface area contributed by atoms with Crippen molar-refractivity contribution in [1.29, 1.82) is 0 Å². The van der Waals surface area contributed by atoms with E-state index in [1.165, 1.54) is 25.7 Å². The molecule has 1 saturated carbocycles. The number of nitrogens with zero attached hydrogens (tertiary/aromatic N) is 2. The number of nitrogens with one attached hydrogen (secondary N) is 1. The van der Waals surface area contributed by atoms with E-state index in [-0.39, 0.29) is 0 Å². The van der Waals surface area contributed by atoms with Crippen LogP contribution in [-0.4, -0.2) is 28.8 Å². The summed E-state index contributed by atoms with van der Waals surface area (Å²) in [4.78, 5) is 4.37. The van der Waals surface area contributed by atoms with E-state index in [0.717, 1.165) is 25.7 Å². The Labute approximate surface area is 96.0 Å². The number of imidazole rings is 1. The summed E-state index contributed by atoms with van der Waals surface area (Å²) in [6, 6.07) is 0.670. The molecule has 1 unspecified atom stereocenters. The molecule has 0 bridgehead atoms. The van der Waals surface area contributed by atoms with Crippen molar-refractivity contribution in [2.24, 2.45) is 5.92 Å². The maximum atomic E-state index is 5.51. The maximum Gasteiger partial charge on any atom is 0.202 e. The minimum Gasteiger partial charge on any atom is -0.381 e. The van der Waals surface area contributed by atoms with Crippen LogP contribution in [0.4, 0.5) is 5.95 Å². The lowest BCUT2D eigenvalue weighted by Crippen LogP contribution is -2.22. The van der Waals surface area contributed by atoms with Gasteiger partial charge >= 0.3 is 0 Å². The maximum absolute atomic E-state index is 5.51. The van der Waals surface area contributed by atoms with E-state index in [4.69, 9.17) is 4.74 Å². The van der Waals surface area contributed by atoms with E-state index in [0.29, 0.717) is 12.0 Å². The highest BCUT2D eigenvalue weighted by Crippen LogP contribution is 2.24. The third-order valence-electron chi connectivity index (χ3n) is 3.34. The molecule has 1 aromatic rings. The van der Waals surface area contributed by atoms with E-state index in [1.807, 2.05) is 6.20 Å². The van der Waals surface area contributed by atoms with Crippen LogP contribution in [0.25, 0.3) is 0 Å². The second kappa shape index (κ2) is 4.45. The fourth-order valence-electron chi connectivity index (χ4n) is 2.24. The van der Waals surface area contributed by atoms with Gasteiger partial charge < -0.3 is 14.6 Å². The molecule has 1 aromatic heterocycles. The number of anilines is 1. The van der Waals surface area contributed by atoms with Gasteiger partial charge in [-0.25, -0.2) is 4.98 Å². The Kier molecular flexibility index (Phi) is 2.82. The number of hydrogen-bond acceptors (Lipinski definition) is 3. The summed E-state index contributed by atoms with van der Waals surface area (Å²) < 4.78 is 7.74. The highest BCUT2D eigenvalue weighted by atomic mass is 16.5. The first kappa shape index (κ1) is 10.1. The Balaban J connectivity index is 1.61. The van der Waals surface area contributed by atoms with E-state index >= 15 is 0 Å². The van der Waals surface area contributed by atoms with Crippen molar-refractivity contribution in [1.82, 2.24) is 9.55 Å². The lowest BCUT2D eigenvalue weighted by molar-refractivity contribution is 0.0486. The molecule has 1 aliphatic heterocycles. The monoisotopic (exact) mass is 221 g/mol. The standard InChI is InChI=1S/C12H19N3O/c1-2-10(9-16-7-1)8-15-6-5-13-12(15)14-11-3-4-11/h5-6,10-11H,1-4,7-9H2,(H,13,14). The van der Waals surface area contributed by atoms with Crippen LogP contribution in [0.15, 0.2) is 12.4 Å². The van der Waals surface area contributed by atoms with Crippen LogP contribution < -0.4 is 5.32 Å². The Hall–Kier alpha value is -1.03. The molecule has 88 valence electrons. The third kappa shape index (κ3) is 2.38. The van der Waals surface area contributed by atoms with E-state index in [2.05, 4.69) is 21.1 Å². The van der Waals surface area contributed by atoms with Crippen molar-refractivity contribution in [3.05, 3.63) is 12.4 Å². The molecule has 1 N–H and O–H groups in total. The zero-order chi connectivity index (χ0) is 10.8. The van der Waals surface area contributed by atoms with Gasteiger partial charge in [0.15, 0.2) is 0 Å². The third-order valence-corrected chi connectivity index (χ3v) is 3.34. The minimum absolute atomic E-state index is 0.655. The predicted octanol–water partition coefficient (Wildman–Crippen LogP) is 1.88. The molecule has 4 heteroatoms. The summed E-state index contributed by atoms with van der Waals surface area (Å²) in [7, 11) is 0. The van der Waals surface area contributed by atoms with Crippen molar-refractivity contribution < 1.29 is 4.74 Å². The zero-order valence-electron chi connectivity index (χ0n) is 9.56. The topological polar surface area (TPSA) is 39.1 Å². The summed E-state index contributed by atoms with van der Waals surface area (Å²) >= 11 is 0. The van der Waals surface area contributed by atoms with E-state index in [9.17, 15) is 0 Å². The van der Waals surface area contributed by atoms with Crippen molar-refractivity contribution in [3.63, 3.8) is 0 Å². The molecule has 4 nitrogen and oxygen atoms in total. The SMILES string of the molecule is c1cn(CC2CCCOC2)c(NC2CC2)n1. The first-order valence-electron chi connectivity index (χ1n) is 6.27. The van der Waals surface area contributed by atoms with Gasteiger partial charge in [0.25, 0.3) is 0 Å². The molecule has 2 aliphatic rings.